The lowest BCUT2D eigenvalue weighted by molar-refractivity contribution is -0.134. The van der Waals surface area contributed by atoms with Gasteiger partial charge in [-0.3, -0.25) is 9.78 Å². The molecule has 0 atom stereocenters. The summed E-state index contributed by atoms with van der Waals surface area (Å²) in [6, 6.07) is 10.8. The van der Waals surface area contributed by atoms with Crippen molar-refractivity contribution in [3.05, 3.63) is 60.0 Å². The van der Waals surface area contributed by atoms with E-state index in [4.69, 9.17) is 4.74 Å². The van der Waals surface area contributed by atoms with Gasteiger partial charge in [0.05, 0.1) is 11.1 Å². The molecule has 1 aliphatic rings. The minimum Gasteiger partial charge on any atom is -0.452 e. The molecule has 1 aliphatic heterocycles. The largest absolute Gasteiger partial charge is 0.452 e. The Balaban J connectivity index is 1.35. The first-order valence-corrected chi connectivity index (χ1v) is 9.45. The maximum atomic E-state index is 12.6. The van der Waals surface area contributed by atoms with Crippen molar-refractivity contribution in [2.45, 2.75) is 6.92 Å². The second-order valence-corrected chi connectivity index (χ2v) is 6.82. The Morgan fingerprint density at radius 2 is 1.76 bits per heavy atom. The van der Waals surface area contributed by atoms with Crippen molar-refractivity contribution in [3.8, 4) is 0 Å². The van der Waals surface area contributed by atoms with Crippen LogP contribution in [-0.4, -0.2) is 64.5 Å². The number of benzene rings is 1. The van der Waals surface area contributed by atoms with Crippen LogP contribution in [0.2, 0.25) is 0 Å². The van der Waals surface area contributed by atoms with Gasteiger partial charge in [-0.1, -0.05) is 18.2 Å². The maximum Gasteiger partial charge on any atom is 0.339 e. The van der Waals surface area contributed by atoms with Gasteiger partial charge in [0.2, 0.25) is 5.95 Å². The molecular formula is C21H21N5O3. The van der Waals surface area contributed by atoms with Gasteiger partial charge in [-0.25, -0.2) is 14.8 Å². The summed E-state index contributed by atoms with van der Waals surface area (Å²) in [6.45, 7) is 3.88. The minimum atomic E-state index is -0.517. The van der Waals surface area contributed by atoms with Crippen LogP contribution in [0, 0.1) is 6.92 Å². The smallest absolute Gasteiger partial charge is 0.339 e. The third-order valence-corrected chi connectivity index (χ3v) is 4.86. The SMILES string of the molecule is Cc1cc(C(=O)OCC(=O)N2CCN(c3ncccn3)CC2)c2ccccc2n1. The fourth-order valence-electron chi connectivity index (χ4n) is 3.38. The lowest BCUT2D eigenvalue weighted by Gasteiger charge is -2.34. The molecule has 0 saturated carbocycles. The van der Waals surface area contributed by atoms with E-state index in [2.05, 4.69) is 15.0 Å². The van der Waals surface area contributed by atoms with Crippen LogP contribution in [0.15, 0.2) is 48.8 Å². The number of carbonyl (C=O) groups is 2. The summed E-state index contributed by atoms with van der Waals surface area (Å²) < 4.78 is 5.32. The second-order valence-electron chi connectivity index (χ2n) is 6.82. The van der Waals surface area contributed by atoms with E-state index in [0.717, 1.165) is 11.2 Å². The van der Waals surface area contributed by atoms with Gasteiger partial charge >= 0.3 is 5.97 Å². The molecule has 2 aromatic heterocycles. The Hall–Kier alpha value is -3.55. The molecule has 8 heteroatoms. The molecule has 0 radical (unpaired) electrons. The number of pyridine rings is 1. The zero-order valence-corrected chi connectivity index (χ0v) is 16.1. The fourth-order valence-corrected chi connectivity index (χ4v) is 3.38. The summed E-state index contributed by atoms with van der Waals surface area (Å²) >= 11 is 0. The average Bonchev–Trinajstić information content (AvgIpc) is 2.77. The predicted molar refractivity (Wildman–Crippen MR) is 108 cm³/mol. The van der Waals surface area contributed by atoms with Crippen LogP contribution in [-0.2, 0) is 9.53 Å². The molecule has 8 nitrogen and oxygen atoms in total. The van der Waals surface area contributed by atoms with Crippen LogP contribution in [0.3, 0.4) is 0 Å². The van der Waals surface area contributed by atoms with Gasteiger partial charge in [0.1, 0.15) is 0 Å². The molecule has 0 aliphatic carbocycles. The summed E-state index contributed by atoms with van der Waals surface area (Å²) in [5.41, 5.74) is 1.87. The van der Waals surface area contributed by atoms with Crippen molar-refractivity contribution in [1.82, 2.24) is 19.9 Å². The number of anilines is 1. The molecule has 0 bridgehead atoms. The van der Waals surface area contributed by atoms with Crippen molar-refractivity contribution in [2.24, 2.45) is 0 Å². The Bertz CT molecular complexity index is 1030. The van der Waals surface area contributed by atoms with E-state index < -0.39 is 5.97 Å². The molecular weight excluding hydrogens is 370 g/mol. The molecule has 3 heterocycles. The molecule has 3 aromatic rings. The Kier molecular flexibility index (Phi) is 5.33. The van der Waals surface area contributed by atoms with Gasteiger partial charge in [-0.05, 0) is 25.1 Å². The van der Waals surface area contributed by atoms with E-state index >= 15 is 0 Å². The van der Waals surface area contributed by atoms with Crippen molar-refractivity contribution in [3.63, 3.8) is 0 Å². The molecule has 0 N–H and O–H groups in total. The first-order chi connectivity index (χ1) is 14.1. The lowest BCUT2D eigenvalue weighted by Crippen LogP contribution is -2.50. The van der Waals surface area contributed by atoms with Crippen LogP contribution in [0.1, 0.15) is 16.1 Å². The summed E-state index contributed by atoms with van der Waals surface area (Å²) in [5.74, 6) is -0.0654. The third-order valence-electron chi connectivity index (χ3n) is 4.86. The molecule has 1 fully saturated rings. The zero-order chi connectivity index (χ0) is 20.2. The summed E-state index contributed by atoms with van der Waals surface area (Å²) in [4.78, 5) is 41.7. The lowest BCUT2D eigenvalue weighted by atomic mass is 10.1. The molecule has 0 unspecified atom stereocenters. The molecule has 0 spiro atoms. The van der Waals surface area contributed by atoms with Crippen molar-refractivity contribution >= 4 is 28.7 Å². The summed E-state index contributed by atoms with van der Waals surface area (Å²) in [7, 11) is 0. The number of fused-ring (bicyclic) bond motifs is 1. The first kappa shape index (κ1) is 18.8. The number of para-hydroxylation sites is 1. The van der Waals surface area contributed by atoms with Crippen LogP contribution < -0.4 is 4.90 Å². The Labute approximate surface area is 168 Å². The number of aromatic nitrogens is 3. The zero-order valence-electron chi connectivity index (χ0n) is 16.1. The number of hydrogen-bond acceptors (Lipinski definition) is 7. The first-order valence-electron chi connectivity index (χ1n) is 9.45. The number of hydrogen-bond donors (Lipinski definition) is 0. The van der Waals surface area contributed by atoms with E-state index in [1.807, 2.05) is 36.1 Å². The number of nitrogens with zero attached hydrogens (tertiary/aromatic N) is 5. The van der Waals surface area contributed by atoms with Crippen LogP contribution in [0.4, 0.5) is 5.95 Å². The highest BCUT2D eigenvalue weighted by Gasteiger charge is 2.24. The standard InChI is InChI=1S/C21H21N5O3/c1-15-13-17(16-5-2-3-6-18(16)24-15)20(28)29-14-19(27)25-9-11-26(12-10-25)21-22-7-4-8-23-21/h2-8,13H,9-12,14H2,1H3. The van der Waals surface area contributed by atoms with Crippen LogP contribution in [0.5, 0.6) is 0 Å². The van der Waals surface area contributed by atoms with Crippen molar-refractivity contribution in [1.29, 1.82) is 0 Å². The molecule has 1 saturated heterocycles. The molecule has 148 valence electrons. The van der Waals surface area contributed by atoms with E-state index in [-0.39, 0.29) is 12.5 Å². The quantitative estimate of drug-likeness (QED) is 0.627. The predicted octanol–water partition coefficient (Wildman–Crippen LogP) is 1.84. The average molecular weight is 391 g/mol. The van der Waals surface area contributed by atoms with E-state index in [1.54, 1.807) is 29.4 Å². The highest BCUT2D eigenvalue weighted by molar-refractivity contribution is 6.04. The van der Waals surface area contributed by atoms with Gasteiger partial charge in [0.15, 0.2) is 6.61 Å². The number of rotatable bonds is 4. The number of amides is 1. The number of esters is 1. The fraction of sp³-hybridized carbons (Fsp3) is 0.286. The third kappa shape index (κ3) is 4.16. The van der Waals surface area contributed by atoms with Gasteiger partial charge in [-0.2, -0.15) is 0 Å². The number of aryl methyl sites for hydroxylation is 1. The number of ether oxygens (including phenoxy) is 1. The maximum absolute atomic E-state index is 12.6. The van der Waals surface area contributed by atoms with Crippen molar-refractivity contribution in [2.75, 3.05) is 37.7 Å². The van der Waals surface area contributed by atoms with Gasteiger partial charge in [0.25, 0.3) is 5.91 Å². The van der Waals surface area contributed by atoms with Crippen LogP contribution >= 0.6 is 0 Å². The molecule has 1 aromatic carbocycles. The van der Waals surface area contributed by atoms with E-state index in [9.17, 15) is 9.59 Å². The number of piperazine rings is 1. The van der Waals surface area contributed by atoms with E-state index in [0.29, 0.717) is 43.1 Å². The molecule has 4 rings (SSSR count). The Morgan fingerprint density at radius 3 is 2.52 bits per heavy atom. The normalized spacial score (nSPS) is 14.1. The molecule has 1 amide bonds. The Morgan fingerprint density at radius 1 is 1.03 bits per heavy atom. The molecule has 29 heavy (non-hydrogen) atoms. The van der Waals surface area contributed by atoms with Crippen molar-refractivity contribution < 1.29 is 14.3 Å². The highest BCUT2D eigenvalue weighted by Crippen LogP contribution is 2.19. The van der Waals surface area contributed by atoms with Gasteiger partial charge < -0.3 is 14.5 Å². The van der Waals surface area contributed by atoms with Crippen LogP contribution in [0.25, 0.3) is 10.9 Å². The topological polar surface area (TPSA) is 88.5 Å². The number of carbonyl (C=O) groups excluding carboxylic acids is 2. The summed E-state index contributed by atoms with van der Waals surface area (Å²) in [5, 5.41) is 0.715. The van der Waals surface area contributed by atoms with E-state index in [1.165, 1.54) is 0 Å². The summed E-state index contributed by atoms with van der Waals surface area (Å²) in [6.07, 6.45) is 3.40. The highest BCUT2D eigenvalue weighted by atomic mass is 16.5. The monoisotopic (exact) mass is 391 g/mol. The van der Waals surface area contributed by atoms with Gasteiger partial charge in [-0.15, -0.1) is 0 Å². The second kappa shape index (κ2) is 8.22. The minimum absolute atomic E-state index is 0.206. The van der Waals surface area contributed by atoms with Gasteiger partial charge in [0, 0.05) is 49.7 Å².